The van der Waals surface area contributed by atoms with Crippen LogP contribution in [0.5, 0.6) is 0 Å². The minimum Gasteiger partial charge on any atom is -0.345 e. The van der Waals surface area contributed by atoms with Crippen LogP contribution in [0.4, 0.5) is 13.2 Å². The van der Waals surface area contributed by atoms with Crippen molar-refractivity contribution in [3.8, 4) is 0 Å². The summed E-state index contributed by atoms with van der Waals surface area (Å²) < 4.78 is 37.1. The zero-order valence-electron chi connectivity index (χ0n) is 11.7. The van der Waals surface area contributed by atoms with Crippen LogP contribution < -0.4 is 5.32 Å². The van der Waals surface area contributed by atoms with Gasteiger partial charge in [-0.3, -0.25) is 4.79 Å². The largest absolute Gasteiger partial charge is 0.471 e. The molecule has 1 N–H and O–H groups in total. The van der Waals surface area contributed by atoms with E-state index in [1.54, 1.807) is 0 Å². The summed E-state index contributed by atoms with van der Waals surface area (Å²) >= 11 is 0. The minimum atomic E-state index is -4.84. The number of rotatable bonds is 4. The molecule has 3 nitrogen and oxygen atoms in total. The van der Waals surface area contributed by atoms with Crippen LogP contribution in [0.3, 0.4) is 0 Å². The van der Waals surface area contributed by atoms with Crippen molar-refractivity contribution in [3.63, 3.8) is 0 Å². The second-order valence-electron chi connectivity index (χ2n) is 6.58. The lowest BCUT2D eigenvalue weighted by molar-refractivity contribution is -0.179. The van der Waals surface area contributed by atoms with Gasteiger partial charge in [-0.1, -0.05) is 13.8 Å². The molecule has 114 valence electrons. The van der Waals surface area contributed by atoms with E-state index in [2.05, 4.69) is 19.2 Å². The molecule has 0 aromatic carbocycles. The fourth-order valence-electron chi connectivity index (χ4n) is 4.02. The van der Waals surface area contributed by atoms with Crippen molar-refractivity contribution in [1.29, 1.82) is 0 Å². The summed E-state index contributed by atoms with van der Waals surface area (Å²) in [5.74, 6) is -1.25. The van der Waals surface area contributed by atoms with Crippen LogP contribution in [0.25, 0.3) is 0 Å². The van der Waals surface area contributed by atoms with Gasteiger partial charge in [0.05, 0.1) is 0 Å². The molecule has 0 unspecified atom stereocenters. The summed E-state index contributed by atoms with van der Waals surface area (Å²) in [6, 6.07) is -0.458. The first kappa shape index (κ1) is 15.3. The van der Waals surface area contributed by atoms with Crippen molar-refractivity contribution < 1.29 is 22.8 Å². The maximum atomic E-state index is 12.4. The molecule has 3 fully saturated rings. The van der Waals surface area contributed by atoms with Crippen LogP contribution in [0, 0.1) is 23.2 Å². The Kier molecular flexibility index (Phi) is 3.86. The van der Waals surface area contributed by atoms with Crippen molar-refractivity contribution in [3.05, 3.63) is 0 Å². The Morgan fingerprint density at radius 2 is 2.00 bits per heavy atom. The number of alkyl halides is 3. The van der Waals surface area contributed by atoms with Gasteiger partial charge in [-0.2, -0.15) is 13.2 Å². The molecule has 2 bridgehead atoms. The Bertz CT molecular complexity index is 406. The maximum Gasteiger partial charge on any atom is 0.471 e. The number of hydrogen-bond acceptors (Lipinski definition) is 2. The Labute approximate surface area is 116 Å². The number of amides is 1. The molecule has 4 atom stereocenters. The topological polar surface area (TPSA) is 46.2 Å². The lowest BCUT2D eigenvalue weighted by Gasteiger charge is -2.62. The number of carbonyl (C=O) groups is 2. The molecule has 3 rings (SSSR count). The molecule has 3 saturated carbocycles. The van der Waals surface area contributed by atoms with Crippen LogP contribution in [-0.4, -0.2) is 24.4 Å². The zero-order valence-corrected chi connectivity index (χ0v) is 11.7. The van der Waals surface area contributed by atoms with Gasteiger partial charge in [0.25, 0.3) is 0 Å². The lowest BCUT2D eigenvalue weighted by atomic mass is 9.44. The van der Waals surface area contributed by atoms with Crippen molar-refractivity contribution in [1.82, 2.24) is 5.32 Å². The Morgan fingerprint density at radius 3 is 2.50 bits per heavy atom. The average Bonchev–Trinajstić information content (AvgIpc) is 2.35. The second kappa shape index (κ2) is 5.04. The van der Waals surface area contributed by atoms with Gasteiger partial charge in [-0.25, -0.2) is 0 Å². The second-order valence-corrected chi connectivity index (χ2v) is 6.58. The quantitative estimate of drug-likeness (QED) is 0.809. The number of aldehydes is 1. The fraction of sp³-hybridized carbons (Fsp3) is 0.857. The molecule has 0 aliphatic heterocycles. The van der Waals surface area contributed by atoms with E-state index in [0.717, 1.165) is 12.7 Å². The Hall–Kier alpha value is -1.07. The van der Waals surface area contributed by atoms with Gasteiger partial charge in [0, 0.05) is 12.5 Å². The molecule has 20 heavy (non-hydrogen) atoms. The molecule has 1 amide bonds. The maximum absolute atomic E-state index is 12.4. The number of hydrogen-bond donors (Lipinski definition) is 1. The molecule has 0 radical (unpaired) electrons. The molecule has 0 saturated heterocycles. The van der Waals surface area contributed by atoms with Gasteiger partial charge < -0.3 is 10.1 Å². The molecule has 3 aliphatic rings. The van der Waals surface area contributed by atoms with E-state index in [4.69, 9.17) is 0 Å². The van der Waals surface area contributed by atoms with Crippen LogP contribution in [-0.2, 0) is 9.59 Å². The van der Waals surface area contributed by atoms with Gasteiger partial charge in [0.1, 0.15) is 6.29 Å². The minimum absolute atomic E-state index is 0.0356. The van der Waals surface area contributed by atoms with Gasteiger partial charge in [0.2, 0.25) is 0 Å². The first-order valence-corrected chi connectivity index (χ1v) is 6.99. The molecule has 6 heteroatoms. The summed E-state index contributed by atoms with van der Waals surface area (Å²) in [4.78, 5) is 21.7. The van der Waals surface area contributed by atoms with Crippen molar-refractivity contribution in [2.45, 2.75) is 51.7 Å². The predicted octanol–water partition coefficient (Wildman–Crippen LogP) is 2.69. The normalized spacial score (nSPS) is 35.0. The fourth-order valence-corrected chi connectivity index (χ4v) is 4.02. The van der Waals surface area contributed by atoms with E-state index in [-0.39, 0.29) is 11.3 Å². The van der Waals surface area contributed by atoms with Gasteiger partial charge >= 0.3 is 12.1 Å². The van der Waals surface area contributed by atoms with Gasteiger partial charge in [0.15, 0.2) is 0 Å². The SMILES string of the molecule is CC1(C)[C@H]2C[C@H](NC(=O)C(F)(F)F)[C@@H](CCC=O)[C@@H]1C2. The average molecular weight is 291 g/mol. The zero-order chi connectivity index (χ0) is 15.1. The standard InChI is InChI=1S/C14H20F3NO2/c1-13(2)8-6-10(13)9(4-3-5-19)11(7-8)18-12(20)14(15,16)17/h5,8-11H,3-4,6-7H2,1-2H3,(H,18,20)/t8-,9+,10+,11+/m1/s1. The van der Waals surface area contributed by atoms with Gasteiger partial charge in [-0.05, 0) is 42.4 Å². The van der Waals surface area contributed by atoms with E-state index in [1.165, 1.54) is 0 Å². The molecule has 0 heterocycles. The third kappa shape index (κ3) is 2.56. The van der Waals surface area contributed by atoms with E-state index < -0.39 is 18.1 Å². The van der Waals surface area contributed by atoms with Crippen LogP contribution in [0.15, 0.2) is 0 Å². The first-order chi connectivity index (χ1) is 9.17. The molecule has 3 aliphatic carbocycles. The Morgan fingerprint density at radius 1 is 1.35 bits per heavy atom. The summed E-state index contributed by atoms with van der Waals surface area (Å²) in [6.45, 7) is 4.25. The highest BCUT2D eigenvalue weighted by Gasteiger charge is 2.58. The summed E-state index contributed by atoms with van der Waals surface area (Å²) in [6.07, 6.45) is -1.59. The van der Waals surface area contributed by atoms with Gasteiger partial charge in [-0.15, -0.1) is 0 Å². The first-order valence-electron chi connectivity index (χ1n) is 6.99. The molecular formula is C14H20F3NO2. The molecular weight excluding hydrogens is 271 g/mol. The van der Waals surface area contributed by atoms with Crippen LogP contribution >= 0.6 is 0 Å². The van der Waals surface area contributed by atoms with E-state index in [9.17, 15) is 22.8 Å². The summed E-state index contributed by atoms with van der Waals surface area (Å²) in [5, 5.41) is 2.14. The van der Waals surface area contributed by atoms with E-state index in [0.29, 0.717) is 31.1 Å². The lowest BCUT2D eigenvalue weighted by Crippen LogP contribution is -2.62. The highest BCUT2D eigenvalue weighted by Crippen LogP contribution is 2.62. The number of fused-ring (bicyclic) bond motifs is 2. The highest BCUT2D eigenvalue weighted by atomic mass is 19.4. The number of halogens is 3. The monoisotopic (exact) mass is 291 g/mol. The highest BCUT2D eigenvalue weighted by molar-refractivity contribution is 5.82. The van der Waals surface area contributed by atoms with Crippen LogP contribution in [0.1, 0.15) is 39.5 Å². The summed E-state index contributed by atoms with van der Waals surface area (Å²) in [7, 11) is 0. The van der Waals surface area contributed by atoms with E-state index >= 15 is 0 Å². The van der Waals surface area contributed by atoms with Crippen LogP contribution in [0.2, 0.25) is 0 Å². The molecule has 0 aromatic rings. The number of nitrogens with one attached hydrogen (secondary N) is 1. The smallest absolute Gasteiger partial charge is 0.345 e. The third-order valence-electron chi connectivity index (χ3n) is 5.31. The summed E-state index contributed by atoms with van der Waals surface area (Å²) in [5.41, 5.74) is 0.104. The number of carbonyl (C=O) groups excluding carboxylic acids is 2. The third-order valence-corrected chi connectivity index (χ3v) is 5.31. The molecule has 0 spiro atoms. The van der Waals surface area contributed by atoms with E-state index in [1.807, 2.05) is 0 Å². The van der Waals surface area contributed by atoms with Crippen molar-refractivity contribution >= 4 is 12.2 Å². The van der Waals surface area contributed by atoms with Crippen molar-refractivity contribution in [2.75, 3.05) is 0 Å². The Balaban J connectivity index is 2.08. The van der Waals surface area contributed by atoms with Crippen molar-refractivity contribution in [2.24, 2.45) is 23.2 Å². The molecule has 0 aromatic heterocycles. The predicted molar refractivity (Wildman–Crippen MR) is 66.8 cm³/mol.